The Balaban J connectivity index is 1.58. The summed E-state index contributed by atoms with van der Waals surface area (Å²) in [5.74, 6) is -4.73. The molecule has 2 aliphatic rings. The fourth-order valence-corrected chi connectivity index (χ4v) is 4.35. The first-order valence-corrected chi connectivity index (χ1v) is 10.3. The van der Waals surface area contributed by atoms with Gasteiger partial charge in [0.05, 0.1) is 14.2 Å². The first kappa shape index (κ1) is 20.5. The number of hydrogen-bond donors (Lipinski definition) is 3. The number of aromatic nitrogens is 2. The van der Waals surface area contributed by atoms with Crippen molar-refractivity contribution in [2.24, 2.45) is 0 Å². The number of aromatic amines is 1. The number of ether oxygens (including phenoxy) is 1. The first-order chi connectivity index (χ1) is 14.9. The average molecular weight is 463 g/mol. The van der Waals surface area contributed by atoms with Gasteiger partial charge in [-0.05, 0) is 12.5 Å². The van der Waals surface area contributed by atoms with Crippen molar-refractivity contribution in [3.8, 4) is 5.75 Å². The lowest BCUT2D eigenvalue weighted by atomic mass is 10.1. The Kier molecular flexibility index (Phi) is 5.04. The molecule has 11 nitrogen and oxygen atoms in total. The average Bonchev–Trinajstić information content (AvgIpc) is 2.91. The van der Waals surface area contributed by atoms with Crippen molar-refractivity contribution in [1.82, 2.24) is 9.55 Å². The lowest BCUT2D eigenvalue weighted by Crippen LogP contribution is -2.43. The number of phosphoric acid groups is 1. The maximum absolute atomic E-state index is 15.4. The highest BCUT2D eigenvalue weighted by molar-refractivity contribution is 7.49. The number of nitrogens with one attached hydrogen (secondary N) is 1. The predicted octanol–water partition coefficient (Wildman–Crippen LogP) is 0.634. The molecule has 2 aliphatic heterocycles. The van der Waals surface area contributed by atoms with Crippen LogP contribution in [0.2, 0.25) is 0 Å². The van der Waals surface area contributed by atoms with Crippen LogP contribution in [-0.2, 0) is 25.0 Å². The van der Waals surface area contributed by atoms with Crippen molar-refractivity contribution < 1.29 is 43.2 Å². The number of phosphoric ester groups is 1. The predicted molar refractivity (Wildman–Crippen MR) is 97.4 cm³/mol. The zero-order valence-electron chi connectivity index (χ0n) is 16.8. The number of aryl methyl sites for hydroxylation is 1. The molecule has 1 saturated heterocycles. The Morgan fingerprint density at radius 2 is 2.19 bits per heavy atom. The van der Waals surface area contributed by atoms with Crippen LogP contribution in [0.3, 0.4) is 0 Å². The van der Waals surface area contributed by atoms with Crippen LogP contribution in [0.25, 0.3) is 0 Å². The molecule has 3 heterocycles. The van der Waals surface area contributed by atoms with Crippen molar-refractivity contribution in [2.75, 3.05) is 6.61 Å². The van der Waals surface area contributed by atoms with Gasteiger partial charge in [0.25, 0.3) is 11.4 Å². The highest BCUT2D eigenvalue weighted by Gasteiger charge is 2.57. The van der Waals surface area contributed by atoms with Crippen molar-refractivity contribution in [1.29, 1.82) is 0 Å². The van der Waals surface area contributed by atoms with Crippen LogP contribution in [-0.4, -0.2) is 44.4 Å². The Labute approximate surface area is 173 Å². The number of aliphatic hydroxyl groups excluding tert-OH is 2. The van der Waals surface area contributed by atoms with Crippen molar-refractivity contribution >= 4 is 7.82 Å². The lowest BCUT2D eigenvalue weighted by Gasteiger charge is -2.29. The van der Waals surface area contributed by atoms with Gasteiger partial charge in [-0.15, -0.1) is 0 Å². The molecule has 2 aromatic rings. The molecule has 0 aliphatic carbocycles. The number of hydrogen-bond acceptors (Lipinski definition) is 9. The largest absolute Gasteiger partial charge is 0.530 e. The maximum Gasteiger partial charge on any atom is 0.530 e. The fraction of sp³-hybridized carbons (Fsp3) is 0.412. The summed E-state index contributed by atoms with van der Waals surface area (Å²) in [4.78, 5) is 24.7. The number of nitrogens with zero attached hydrogens (tertiary/aromatic N) is 1. The molecule has 0 radical (unpaired) electrons. The van der Waals surface area contributed by atoms with Gasteiger partial charge in [-0.1, -0.05) is 18.2 Å². The molecular formula is C17H17F2N2O9P. The molecule has 168 valence electrons. The van der Waals surface area contributed by atoms with Gasteiger partial charge in [0, 0.05) is 5.56 Å². The number of H-pyrrole nitrogens is 1. The molecule has 5 atom stereocenters. The van der Waals surface area contributed by atoms with Crippen LogP contribution < -0.4 is 15.8 Å². The number of fused-ring (bicyclic) bond motifs is 1. The van der Waals surface area contributed by atoms with Crippen LogP contribution in [0.15, 0.2) is 34.0 Å². The normalized spacial score (nSPS) is 35.3. The molecule has 0 bridgehead atoms. The number of para-hydroxylation sites is 1. The Morgan fingerprint density at radius 3 is 2.94 bits per heavy atom. The minimum Gasteiger partial charge on any atom is -0.403 e. The second-order valence-electron chi connectivity index (χ2n) is 6.87. The third-order valence-electron chi connectivity index (χ3n) is 4.70. The van der Waals surface area contributed by atoms with E-state index in [-0.39, 0.29) is 23.1 Å². The van der Waals surface area contributed by atoms with Gasteiger partial charge in [0.2, 0.25) is 5.82 Å². The van der Waals surface area contributed by atoms with E-state index in [0.717, 1.165) is 0 Å². The quantitative estimate of drug-likeness (QED) is 0.555. The van der Waals surface area contributed by atoms with E-state index in [1.54, 1.807) is 25.1 Å². The standard InChI is InChI=1S/C17H17F2N2O9P/c1-8-3-2-4-9-6-27-31(26,30-12(8)9)28-7-17(19)13(23)11(22)15(29-17)21-5-10(18)14(24)20-16(21)25/h2-5,11,13,15,22-23H,6-7H2,1H3,(H,20,24,25)/t11-,13+,15-,17-,31?/m1/s1/i15D. The van der Waals surface area contributed by atoms with Gasteiger partial charge in [0.1, 0.15) is 24.6 Å². The molecule has 1 unspecified atom stereocenters. The van der Waals surface area contributed by atoms with Gasteiger partial charge in [-0.2, -0.15) is 4.39 Å². The summed E-state index contributed by atoms with van der Waals surface area (Å²) in [5, 5.41) is 20.3. The highest BCUT2D eigenvalue weighted by atomic mass is 31.2. The summed E-state index contributed by atoms with van der Waals surface area (Å²) in [6, 6.07) is 5.03. The number of halogens is 2. The molecule has 1 fully saturated rings. The van der Waals surface area contributed by atoms with Gasteiger partial charge < -0.3 is 19.5 Å². The van der Waals surface area contributed by atoms with Crippen LogP contribution >= 0.6 is 7.82 Å². The van der Waals surface area contributed by atoms with E-state index in [1.165, 1.54) is 4.98 Å². The highest BCUT2D eigenvalue weighted by Crippen LogP contribution is 2.56. The van der Waals surface area contributed by atoms with E-state index in [9.17, 15) is 28.8 Å². The van der Waals surface area contributed by atoms with Crippen molar-refractivity contribution in [3.63, 3.8) is 0 Å². The minimum absolute atomic E-state index is 0.0499. The number of benzene rings is 1. The van der Waals surface area contributed by atoms with Gasteiger partial charge in [0.15, 0.2) is 6.20 Å². The number of rotatable bonds is 4. The maximum atomic E-state index is 15.4. The second-order valence-corrected chi connectivity index (χ2v) is 8.46. The number of alkyl halides is 1. The molecule has 0 amide bonds. The van der Waals surface area contributed by atoms with Gasteiger partial charge in [-0.25, -0.2) is 13.8 Å². The van der Waals surface area contributed by atoms with E-state index in [0.29, 0.717) is 11.1 Å². The Bertz CT molecular complexity index is 1240. The van der Waals surface area contributed by atoms with E-state index in [4.69, 9.17) is 19.7 Å². The monoisotopic (exact) mass is 463 g/mol. The van der Waals surface area contributed by atoms with Gasteiger partial charge >= 0.3 is 13.5 Å². The summed E-state index contributed by atoms with van der Waals surface area (Å²) in [7, 11) is -4.40. The van der Waals surface area contributed by atoms with Crippen molar-refractivity contribution in [2.45, 2.75) is 37.8 Å². The van der Waals surface area contributed by atoms with E-state index >= 15 is 4.39 Å². The molecule has 1 aromatic carbocycles. The smallest absolute Gasteiger partial charge is 0.403 e. The zero-order chi connectivity index (χ0) is 23.5. The molecule has 0 saturated carbocycles. The van der Waals surface area contributed by atoms with Crippen LogP contribution in [0, 0.1) is 12.7 Å². The topological polar surface area (TPSA) is 149 Å². The van der Waals surface area contributed by atoms with Gasteiger partial charge in [-0.3, -0.25) is 23.4 Å². The molecule has 31 heavy (non-hydrogen) atoms. The summed E-state index contributed by atoms with van der Waals surface area (Å²) in [6.45, 7) is 0.125. The second kappa shape index (κ2) is 7.62. The van der Waals surface area contributed by atoms with Crippen molar-refractivity contribution in [3.05, 3.63) is 62.2 Å². The van der Waals surface area contributed by atoms with E-state index in [2.05, 4.69) is 0 Å². The summed E-state index contributed by atoms with van der Waals surface area (Å²) in [5.41, 5.74) is -1.67. The minimum atomic E-state index is -4.40. The van der Waals surface area contributed by atoms with Crippen LogP contribution in [0.5, 0.6) is 5.75 Å². The molecule has 0 spiro atoms. The molecule has 3 N–H and O–H groups in total. The Hall–Kier alpha value is -2.41. The molecular weight excluding hydrogens is 445 g/mol. The Morgan fingerprint density at radius 1 is 1.45 bits per heavy atom. The molecule has 4 rings (SSSR count). The molecule has 1 aromatic heterocycles. The summed E-state index contributed by atoms with van der Waals surface area (Å²) < 4.78 is 69.9. The first-order valence-electron chi connectivity index (χ1n) is 9.33. The molecule has 14 heteroatoms. The van der Waals surface area contributed by atoms with Crippen LogP contribution in [0.1, 0.15) is 18.7 Å². The SMILES string of the molecule is [2H][C@@]1(n2cc(F)c(=O)[nH]c2=O)O[C@](F)(COP2(=O)OCc3cccc(C)c3O2)[C@@H](O)[C@H]1O. The summed E-state index contributed by atoms with van der Waals surface area (Å²) >= 11 is 0. The zero-order valence-corrected chi connectivity index (χ0v) is 16.7. The number of aliphatic hydroxyl groups is 2. The van der Waals surface area contributed by atoms with E-state index < -0.39 is 55.8 Å². The van der Waals surface area contributed by atoms with E-state index in [1.807, 2.05) is 0 Å². The third-order valence-corrected chi connectivity index (χ3v) is 6.00. The fourth-order valence-electron chi connectivity index (χ4n) is 3.06. The van der Waals surface area contributed by atoms with Crippen LogP contribution in [0.4, 0.5) is 8.78 Å². The lowest BCUT2D eigenvalue weighted by molar-refractivity contribution is -0.205. The summed E-state index contributed by atoms with van der Waals surface area (Å²) in [6.07, 6.45) is -7.85. The third kappa shape index (κ3) is 3.84.